The number of carbonyl (C=O) groups excluding carboxylic acids is 1. The van der Waals surface area contributed by atoms with Gasteiger partial charge < -0.3 is 9.84 Å². The lowest BCUT2D eigenvalue weighted by molar-refractivity contribution is -0.121. The maximum Gasteiger partial charge on any atom is 0.228 e. The van der Waals surface area contributed by atoms with E-state index < -0.39 is 0 Å². The monoisotopic (exact) mass is 317 g/mol. The Labute approximate surface area is 135 Å². The zero-order chi connectivity index (χ0) is 16.4. The molecule has 7 nitrogen and oxygen atoms in total. The number of carbonyl (C=O) groups is 1. The molecule has 3 rings (SSSR count). The predicted octanol–water partition coefficient (Wildman–Crippen LogP) is 1.59. The molecule has 1 aliphatic rings. The highest BCUT2D eigenvalue weighted by atomic mass is 16.5. The summed E-state index contributed by atoms with van der Waals surface area (Å²) >= 11 is 0. The third-order valence-electron chi connectivity index (χ3n) is 4.35. The van der Waals surface area contributed by atoms with Crippen molar-refractivity contribution in [2.24, 2.45) is 7.05 Å². The molecular weight excluding hydrogens is 294 g/mol. The van der Waals surface area contributed by atoms with E-state index in [1.54, 1.807) is 0 Å². The number of rotatable bonds is 7. The van der Waals surface area contributed by atoms with Gasteiger partial charge in [-0.3, -0.25) is 9.48 Å². The molecule has 0 bridgehead atoms. The van der Waals surface area contributed by atoms with Crippen molar-refractivity contribution in [3.63, 3.8) is 0 Å². The van der Waals surface area contributed by atoms with Crippen molar-refractivity contribution < 1.29 is 9.32 Å². The zero-order valence-electron chi connectivity index (χ0n) is 13.9. The molecule has 0 aliphatic heterocycles. The molecule has 1 aliphatic carbocycles. The number of nitrogens with one attached hydrogen (secondary N) is 1. The molecule has 2 aromatic heterocycles. The van der Waals surface area contributed by atoms with Crippen LogP contribution in [0.5, 0.6) is 0 Å². The van der Waals surface area contributed by atoms with Gasteiger partial charge in [0.05, 0.1) is 5.69 Å². The first-order chi connectivity index (χ1) is 11.0. The van der Waals surface area contributed by atoms with E-state index in [-0.39, 0.29) is 5.91 Å². The molecule has 1 fully saturated rings. The predicted molar refractivity (Wildman–Crippen MR) is 84.0 cm³/mol. The molecule has 0 unspecified atom stereocenters. The maximum absolute atomic E-state index is 12.0. The maximum atomic E-state index is 12.0. The number of amides is 1. The van der Waals surface area contributed by atoms with E-state index in [1.807, 2.05) is 25.6 Å². The topological polar surface area (TPSA) is 85.8 Å². The van der Waals surface area contributed by atoms with E-state index in [2.05, 4.69) is 20.6 Å². The van der Waals surface area contributed by atoms with Gasteiger partial charge in [0.1, 0.15) is 0 Å². The number of aryl methyl sites for hydroxylation is 2. The Hall–Kier alpha value is -2.18. The van der Waals surface area contributed by atoms with Crippen molar-refractivity contribution in [3.8, 4) is 0 Å². The average Bonchev–Trinajstić information content (AvgIpc) is 3.21. The Bertz CT molecular complexity index is 699. The third kappa shape index (κ3) is 3.78. The summed E-state index contributed by atoms with van der Waals surface area (Å²) in [6.45, 7) is 4.53. The minimum absolute atomic E-state index is 0.0367. The van der Waals surface area contributed by atoms with E-state index in [9.17, 15) is 4.79 Å². The zero-order valence-corrected chi connectivity index (χ0v) is 13.9. The van der Waals surface area contributed by atoms with Crippen LogP contribution in [0.4, 0.5) is 0 Å². The Morgan fingerprint density at radius 2 is 2.13 bits per heavy atom. The van der Waals surface area contributed by atoms with Gasteiger partial charge in [0, 0.05) is 38.0 Å². The molecule has 1 N–H and O–H groups in total. The lowest BCUT2D eigenvalue weighted by atomic mass is 10.1. The minimum Gasteiger partial charge on any atom is -0.356 e. The summed E-state index contributed by atoms with van der Waals surface area (Å²) in [5, 5.41) is 11.2. The molecule has 0 aromatic carbocycles. The second kappa shape index (κ2) is 6.52. The van der Waals surface area contributed by atoms with Gasteiger partial charge in [-0.15, -0.1) is 0 Å². The van der Waals surface area contributed by atoms with Gasteiger partial charge in [-0.1, -0.05) is 5.16 Å². The number of hydrogen-bond donors (Lipinski definition) is 1. The van der Waals surface area contributed by atoms with Crippen LogP contribution in [0.15, 0.2) is 4.52 Å². The number of aromatic nitrogens is 4. The second-order valence-electron chi connectivity index (χ2n) is 6.19. The highest BCUT2D eigenvalue weighted by molar-refractivity contribution is 5.76. The first-order valence-corrected chi connectivity index (χ1v) is 8.13. The molecule has 0 spiro atoms. The Morgan fingerprint density at radius 3 is 2.78 bits per heavy atom. The lowest BCUT2D eigenvalue weighted by Gasteiger charge is -2.04. The van der Waals surface area contributed by atoms with Crippen LogP contribution >= 0.6 is 0 Å². The smallest absolute Gasteiger partial charge is 0.228 e. The van der Waals surface area contributed by atoms with Crippen LogP contribution in [0, 0.1) is 13.8 Å². The lowest BCUT2D eigenvalue weighted by Crippen LogP contribution is -2.26. The number of nitrogens with zero attached hydrogens (tertiary/aromatic N) is 4. The molecule has 0 radical (unpaired) electrons. The molecule has 1 saturated carbocycles. The van der Waals surface area contributed by atoms with E-state index >= 15 is 0 Å². The van der Waals surface area contributed by atoms with Gasteiger partial charge in [0.2, 0.25) is 11.8 Å². The largest absolute Gasteiger partial charge is 0.356 e. The summed E-state index contributed by atoms with van der Waals surface area (Å²) in [6.07, 6.45) is 4.07. The molecule has 124 valence electrons. The summed E-state index contributed by atoms with van der Waals surface area (Å²) in [5.41, 5.74) is 3.28. The number of hydrogen-bond acceptors (Lipinski definition) is 5. The fourth-order valence-corrected chi connectivity index (χ4v) is 2.69. The van der Waals surface area contributed by atoms with E-state index in [0.717, 1.165) is 35.6 Å². The van der Waals surface area contributed by atoms with Gasteiger partial charge in [-0.05, 0) is 38.7 Å². The van der Waals surface area contributed by atoms with E-state index in [0.29, 0.717) is 37.6 Å². The highest BCUT2D eigenvalue weighted by Gasteiger charge is 2.28. The van der Waals surface area contributed by atoms with Gasteiger partial charge in [-0.25, -0.2) is 0 Å². The average molecular weight is 317 g/mol. The standard InChI is InChI=1S/C16H23N5O2/c1-10-13(11(2)21(3)19-10)6-7-14(22)17-9-8-15-18-16(20-23-15)12-4-5-12/h12H,4-9H2,1-3H3,(H,17,22). The van der Waals surface area contributed by atoms with E-state index in [1.165, 1.54) is 0 Å². The van der Waals surface area contributed by atoms with Crippen LogP contribution in [0.1, 0.15) is 53.8 Å². The van der Waals surface area contributed by atoms with Gasteiger partial charge >= 0.3 is 0 Å². The van der Waals surface area contributed by atoms with Crippen LogP contribution in [-0.2, 0) is 24.7 Å². The fourth-order valence-electron chi connectivity index (χ4n) is 2.69. The molecule has 2 heterocycles. The van der Waals surface area contributed by atoms with Crippen molar-refractivity contribution in [1.82, 2.24) is 25.2 Å². The Kier molecular flexibility index (Phi) is 4.45. The molecule has 0 saturated heterocycles. The Morgan fingerprint density at radius 1 is 1.35 bits per heavy atom. The van der Waals surface area contributed by atoms with Crippen molar-refractivity contribution in [1.29, 1.82) is 0 Å². The van der Waals surface area contributed by atoms with Gasteiger partial charge in [-0.2, -0.15) is 10.1 Å². The molecule has 2 aromatic rings. The van der Waals surface area contributed by atoms with Crippen molar-refractivity contribution in [2.75, 3.05) is 6.54 Å². The van der Waals surface area contributed by atoms with Crippen LogP contribution < -0.4 is 5.32 Å². The molecule has 1 amide bonds. The van der Waals surface area contributed by atoms with Gasteiger partial charge in [0.25, 0.3) is 0 Å². The summed E-state index contributed by atoms with van der Waals surface area (Å²) in [4.78, 5) is 16.3. The van der Waals surface area contributed by atoms with Crippen molar-refractivity contribution >= 4 is 5.91 Å². The first-order valence-electron chi connectivity index (χ1n) is 8.13. The normalized spacial score (nSPS) is 14.2. The second-order valence-corrected chi connectivity index (χ2v) is 6.19. The van der Waals surface area contributed by atoms with Crippen LogP contribution in [0.3, 0.4) is 0 Å². The summed E-state index contributed by atoms with van der Waals surface area (Å²) in [6, 6.07) is 0. The van der Waals surface area contributed by atoms with E-state index in [4.69, 9.17) is 4.52 Å². The van der Waals surface area contributed by atoms with Crippen LogP contribution in [0.25, 0.3) is 0 Å². The summed E-state index contributed by atoms with van der Waals surface area (Å²) in [5.74, 6) is 1.95. The molecule has 0 atom stereocenters. The third-order valence-corrected chi connectivity index (χ3v) is 4.35. The summed E-state index contributed by atoms with van der Waals surface area (Å²) < 4.78 is 7.04. The SMILES string of the molecule is Cc1nn(C)c(C)c1CCC(=O)NCCc1nc(C2CC2)no1. The van der Waals surface area contributed by atoms with Crippen LogP contribution in [0.2, 0.25) is 0 Å². The quantitative estimate of drug-likeness (QED) is 0.838. The van der Waals surface area contributed by atoms with Gasteiger partial charge in [0.15, 0.2) is 5.82 Å². The Balaban J connectivity index is 1.40. The molecule has 7 heteroatoms. The summed E-state index contributed by atoms with van der Waals surface area (Å²) in [7, 11) is 1.92. The molecule has 23 heavy (non-hydrogen) atoms. The first kappa shape index (κ1) is 15.7. The van der Waals surface area contributed by atoms with Crippen molar-refractivity contribution in [3.05, 3.63) is 28.7 Å². The minimum atomic E-state index is 0.0367. The highest BCUT2D eigenvalue weighted by Crippen LogP contribution is 2.38. The fraction of sp³-hybridized carbons (Fsp3) is 0.625. The van der Waals surface area contributed by atoms with Crippen LogP contribution in [-0.4, -0.2) is 32.4 Å². The molecular formula is C16H23N5O2. The van der Waals surface area contributed by atoms with Crippen molar-refractivity contribution in [2.45, 2.75) is 51.9 Å².